The highest BCUT2D eigenvalue weighted by atomic mass is 32.2. The SMILES string of the molecule is CSCC(C)CNc1nccc(N)n1. The summed E-state index contributed by atoms with van der Waals surface area (Å²) in [6, 6.07) is 1.68. The number of hydrogen-bond donors (Lipinski definition) is 2. The molecule has 1 heterocycles. The summed E-state index contributed by atoms with van der Waals surface area (Å²) >= 11 is 1.84. The maximum absolute atomic E-state index is 5.53. The van der Waals surface area contributed by atoms with Gasteiger partial charge in [0.25, 0.3) is 0 Å². The quantitative estimate of drug-likeness (QED) is 0.774. The largest absolute Gasteiger partial charge is 0.384 e. The number of hydrogen-bond acceptors (Lipinski definition) is 5. The van der Waals surface area contributed by atoms with E-state index in [1.165, 1.54) is 0 Å². The Morgan fingerprint density at radius 2 is 2.43 bits per heavy atom. The Balaban J connectivity index is 2.37. The van der Waals surface area contributed by atoms with Crippen LogP contribution < -0.4 is 11.1 Å². The summed E-state index contributed by atoms with van der Waals surface area (Å²) < 4.78 is 0. The van der Waals surface area contributed by atoms with Gasteiger partial charge in [-0.15, -0.1) is 0 Å². The van der Waals surface area contributed by atoms with Crippen molar-refractivity contribution in [1.29, 1.82) is 0 Å². The highest BCUT2D eigenvalue weighted by Crippen LogP contribution is 2.06. The second-order valence-electron chi connectivity index (χ2n) is 3.25. The van der Waals surface area contributed by atoms with Crippen molar-refractivity contribution in [3.63, 3.8) is 0 Å². The van der Waals surface area contributed by atoms with Crippen LogP contribution >= 0.6 is 11.8 Å². The normalized spacial score (nSPS) is 12.4. The van der Waals surface area contributed by atoms with Crippen LogP contribution in [0.15, 0.2) is 12.3 Å². The number of nitrogens with two attached hydrogens (primary N) is 1. The minimum atomic E-state index is 0.500. The number of thioether (sulfide) groups is 1. The van der Waals surface area contributed by atoms with E-state index in [0.29, 0.717) is 17.7 Å². The molecule has 0 aliphatic rings. The highest BCUT2D eigenvalue weighted by molar-refractivity contribution is 7.98. The van der Waals surface area contributed by atoms with Crippen LogP contribution in [0.1, 0.15) is 6.92 Å². The van der Waals surface area contributed by atoms with Gasteiger partial charge in [-0.2, -0.15) is 16.7 Å². The Labute approximate surface area is 88.7 Å². The van der Waals surface area contributed by atoms with Crippen LogP contribution in [0.5, 0.6) is 0 Å². The van der Waals surface area contributed by atoms with Gasteiger partial charge >= 0.3 is 0 Å². The number of rotatable bonds is 5. The van der Waals surface area contributed by atoms with Gasteiger partial charge in [0.2, 0.25) is 5.95 Å². The summed E-state index contributed by atoms with van der Waals surface area (Å²) in [5, 5.41) is 3.15. The molecular formula is C9H16N4S. The fourth-order valence-corrected chi connectivity index (χ4v) is 1.75. The van der Waals surface area contributed by atoms with Gasteiger partial charge in [-0.05, 0) is 24.0 Å². The van der Waals surface area contributed by atoms with Crippen molar-refractivity contribution in [2.24, 2.45) is 5.92 Å². The molecule has 78 valence electrons. The molecule has 0 amide bonds. The van der Waals surface area contributed by atoms with Crippen LogP contribution in [0.25, 0.3) is 0 Å². The fourth-order valence-electron chi connectivity index (χ4n) is 1.07. The van der Waals surface area contributed by atoms with Crippen LogP contribution in [0.2, 0.25) is 0 Å². The van der Waals surface area contributed by atoms with E-state index in [2.05, 4.69) is 28.5 Å². The smallest absolute Gasteiger partial charge is 0.224 e. The minimum absolute atomic E-state index is 0.500. The Morgan fingerprint density at radius 3 is 3.07 bits per heavy atom. The third-order valence-corrected chi connectivity index (χ3v) is 2.64. The van der Waals surface area contributed by atoms with Gasteiger partial charge in [-0.1, -0.05) is 6.92 Å². The van der Waals surface area contributed by atoms with Crippen molar-refractivity contribution in [2.45, 2.75) is 6.92 Å². The number of nitrogens with one attached hydrogen (secondary N) is 1. The molecule has 3 N–H and O–H groups in total. The summed E-state index contributed by atoms with van der Waals surface area (Å²) in [5.41, 5.74) is 5.53. The molecule has 14 heavy (non-hydrogen) atoms. The van der Waals surface area contributed by atoms with E-state index in [0.717, 1.165) is 12.3 Å². The zero-order valence-electron chi connectivity index (χ0n) is 8.53. The molecule has 5 heteroatoms. The minimum Gasteiger partial charge on any atom is -0.384 e. The first kappa shape index (κ1) is 11.1. The van der Waals surface area contributed by atoms with E-state index in [-0.39, 0.29) is 0 Å². The van der Waals surface area contributed by atoms with Gasteiger partial charge in [0.15, 0.2) is 0 Å². The van der Waals surface area contributed by atoms with E-state index in [1.807, 2.05) is 11.8 Å². The summed E-state index contributed by atoms with van der Waals surface area (Å²) in [5.74, 6) is 2.85. The third-order valence-electron chi connectivity index (χ3n) is 1.74. The lowest BCUT2D eigenvalue weighted by Gasteiger charge is -2.10. The van der Waals surface area contributed by atoms with Crippen molar-refractivity contribution >= 4 is 23.5 Å². The monoisotopic (exact) mass is 212 g/mol. The first-order valence-electron chi connectivity index (χ1n) is 4.53. The van der Waals surface area contributed by atoms with Crippen LogP contribution in [0.4, 0.5) is 11.8 Å². The van der Waals surface area contributed by atoms with Crippen LogP contribution in [0, 0.1) is 5.92 Å². The number of aromatic nitrogens is 2. The zero-order valence-corrected chi connectivity index (χ0v) is 9.34. The molecular weight excluding hydrogens is 196 g/mol. The molecule has 0 aliphatic carbocycles. The van der Waals surface area contributed by atoms with Gasteiger partial charge in [-0.25, -0.2) is 4.98 Å². The van der Waals surface area contributed by atoms with Crippen molar-refractivity contribution in [3.8, 4) is 0 Å². The average Bonchev–Trinajstić information content (AvgIpc) is 2.15. The third kappa shape index (κ3) is 3.83. The Bertz CT molecular complexity index is 279. The van der Waals surface area contributed by atoms with Gasteiger partial charge in [0, 0.05) is 12.7 Å². The Morgan fingerprint density at radius 1 is 1.64 bits per heavy atom. The fraction of sp³-hybridized carbons (Fsp3) is 0.556. The predicted octanol–water partition coefficient (Wildman–Crippen LogP) is 1.47. The van der Waals surface area contributed by atoms with E-state index in [1.54, 1.807) is 12.3 Å². The van der Waals surface area contributed by atoms with Gasteiger partial charge in [0.1, 0.15) is 5.82 Å². The molecule has 0 saturated heterocycles. The van der Waals surface area contributed by atoms with Crippen molar-refractivity contribution in [2.75, 3.05) is 29.6 Å². The standard InChI is InChI=1S/C9H16N4S/c1-7(6-14-2)5-12-9-11-4-3-8(10)13-9/h3-4,7H,5-6H2,1-2H3,(H3,10,11,12,13). The number of nitrogens with zero attached hydrogens (tertiary/aromatic N) is 2. The first-order valence-corrected chi connectivity index (χ1v) is 5.93. The summed E-state index contributed by atoms with van der Waals surface area (Å²) in [6.45, 7) is 3.07. The molecule has 1 unspecified atom stereocenters. The van der Waals surface area contributed by atoms with Crippen molar-refractivity contribution < 1.29 is 0 Å². The highest BCUT2D eigenvalue weighted by Gasteiger charge is 2.01. The topological polar surface area (TPSA) is 63.8 Å². The first-order chi connectivity index (χ1) is 6.72. The van der Waals surface area contributed by atoms with E-state index < -0.39 is 0 Å². The lowest BCUT2D eigenvalue weighted by Crippen LogP contribution is -2.15. The second kappa shape index (κ2) is 5.70. The maximum Gasteiger partial charge on any atom is 0.224 e. The number of anilines is 2. The molecule has 0 aromatic carbocycles. The number of nitrogen functional groups attached to an aromatic ring is 1. The summed E-state index contributed by atoms with van der Waals surface area (Å²) in [4.78, 5) is 8.12. The predicted molar refractivity (Wildman–Crippen MR) is 62.5 cm³/mol. The van der Waals surface area contributed by atoms with Crippen LogP contribution in [0.3, 0.4) is 0 Å². The van der Waals surface area contributed by atoms with E-state index in [9.17, 15) is 0 Å². The molecule has 1 aromatic rings. The molecule has 1 aromatic heterocycles. The molecule has 4 nitrogen and oxygen atoms in total. The molecule has 0 radical (unpaired) electrons. The second-order valence-corrected chi connectivity index (χ2v) is 4.16. The van der Waals surface area contributed by atoms with Crippen molar-refractivity contribution in [3.05, 3.63) is 12.3 Å². The van der Waals surface area contributed by atoms with E-state index >= 15 is 0 Å². The lowest BCUT2D eigenvalue weighted by molar-refractivity contribution is 0.697. The van der Waals surface area contributed by atoms with Crippen LogP contribution in [-0.2, 0) is 0 Å². The molecule has 0 saturated carbocycles. The summed E-state index contributed by atoms with van der Waals surface area (Å²) in [6.07, 6.45) is 3.76. The maximum atomic E-state index is 5.53. The molecule has 0 spiro atoms. The summed E-state index contributed by atoms with van der Waals surface area (Å²) in [7, 11) is 0. The van der Waals surface area contributed by atoms with Crippen molar-refractivity contribution in [1.82, 2.24) is 9.97 Å². The van der Waals surface area contributed by atoms with Gasteiger partial charge < -0.3 is 11.1 Å². The Hall–Kier alpha value is -0.970. The molecule has 1 rings (SSSR count). The van der Waals surface area contributed by atoms with E-state index in [4.69, 9.17) is 5.73 Å². The molecule has 1 atom stereocenters. The van der Waals surface area contributed by atoms with Gasteiger partial charge in [0.05, 0.1) is 0 Å². The molecule has 0 fully saturated rings. The van der Waals surface area contributed by atoms with Crippen LogP contribution in [-0.4, -0.2) is 28.5 Å². The zero-order chi connectivity index (χ0) is 10.4. The molecule has 0 aliphatic heterocycles. The lowest BCUT2D eigenvalue weighted by atomic mass is 10.2. The average molecular weight is 212 g/mol. The molecule has 0 bridgehead atoms. The van der Waals surface area contributed by atoms with Gasteiger partial charge in [-0.3, -0.25) is 0 Å². The Kier molecular flexibility index (Phi) is 4.52.